The summed E-state index contributed by atoms with van der Waals surface area (Å²) in [5.74, 6) is 0.354. The number of nitrogens with one attached hydrogen (secondary N) is 1. The van der Waals surface area contributed by atoms with Crippen molar-refractivity contribution in [2.45, 2.75) is 18.9 Å². The van der Waals surface area contributed by atoms with Crippen LogP contribution in [-0.4, -0.2) is 30.4 Å². The van der Waals surface area contributed by atoms with Gasteiger partial charge in [-0.05, 0) is 29.3 Å². The normalized spacial score (nSPS) is 26.9. The lowest BCUT2D eigenvalue weighted by atomic mass is 10.0. The van der Waals surface area contributed by atoms with Crippen molar-refractivity contribution in [3.63, 3.8) is 0 Å². The molecule has 1 aromatic heterocycles. The van der Waals surface area contributed by atoms with Crippen LogP contribution in [0.3, 0.4) is 0 Å². The first-order valence-corrected chi connectivity index (χ1v) is 7.80. The number of sulfone groups is 1. The predicted molar refractivity (Wildman–Crippen MR) is 71.6 cm³/mol. The SMILES string of the molecule is CC1(Nc2c(N)cncc2Br)CCS(=O)(=O)C1. The molecule has 0 spiro atoms. The molecule has 3 N–H and O–H groups in total. The van der Waals surface area contributed by atoms with Gasteiger partial charge in [-0.3, -0.25) is 4.98 Å². The Balaban J connectivity index is 2.28. The van der Waals surface area contributed by atoms with E-state index in [0.29, 0.717) is 17.8 Å². The van der Waals surface area contributed by atoms with Crippen LogP contribution in [0.15, 0.2) is 16.9 Å². The van der Waals surface area contributed by atoms with E-state index in [2.05, 4.69) is 26.2 Å². The van der Waals surface area contributed by atoms with E-state index in [-0.39, 0.29) is 11.5 Å². The Hall–Kier alpha value is -0.820. The highest BCUT2D eigenvalue weighted by Crippen LogP contribution is 2.33. The van der Waals surface area contributed by atoms with Gasteiger partial charge < -0.3 is 11.1 Å². The van der Waals surface area contributed by atoms with Crippen LogP contribution in [0.25, 0.3) is 0 Å². The Labute approximate surface area is 109 Å². The van der Waals surface area contributed by atoms with Gasteiger partial charge in [-0.15, -0.1) is 0 Å². The van der Waals surface area contributed by atoms with Gasteiger partial charge in [0.1, 0.15) is 0 Å². The molecule has 2 rings (SSSR count). The fourth-order valence-corrected chi connectivity index (χ4v) is 4.53. The van der Waals surface area contributed by atoms with Crippen molar-refractivity contribution < 1.29 is 8.42 Å². The van der Waals surface area contributed by atoms with Crippen LogP contribution in [0, 0.1) is 0 Å². The number of hydrogen-bond donors (Lipinski definition) is 2. The van der Waals surface area contributed by atoms with Gasteiger partial charge in [0.05, 0.1) is 33.6 Å². The fraction of sp³-hybridized carbons (Fsp3) is 0.500. The molecule has 0 amide bonds. The van der Waals surface area contributed by atoms with E-state index in [1.807, 2.05) is 6.92 Å². The zero-order valence-corrected chi connectivity index (χ0v) is 11.8. The van der Waals surface area contributed by atoms with Gasteiger partial charge in [0.25, 0.3) is 0 Å². The van der Waals surface area contributed by atoms with E-state index in [0.717, 1.165) is 4.47 Å². The molecule has 1 unspecified atom stereocenters. The molecule has 1 aliphatic heterocycles. The summed E-state index contributed by atoms with van der Waals surface area (Å²) in [6, 6.07) is 0. The Morgan fingerprint density at radius 3 is 2.76 bits per heavy atom. The van der Waals surface area contributed by atoms with E-state index in [4.69, 9.17) is 5.73 Å². The Kier molecular flexibility index (Phi) is 3.07. The lowest BCUT2D eigenvalue weighted by Gasteiger charge is -2.26. The average molecular weight is 320 g/mol. The van der Waals surface area contributed by atoms with Crippen LogP contribution >= 0.6 is 15.9 Å². The minimum absolute atomic E-state index is 0.133. The molecule has 94 valence electrons. The van der Waals surface area contributed by atoms with Crippen LogP contribution in [0.2, 0.25) is 0 Å². The van der Waals surface area contributed by atoms with Crippen molar-refractivity contribution in [3.8, 4) is 0 Å². The number of aromatic nitrogens is 1. The average Bonchev–Trinajstić information content (AvgIpc) is 2.48. The number of nitrogens with zero attached hydrogens (tertiary/aromatic N) is 1. The van der Waals surface area contributed by atoms with Gasteiger partial charge in [-0.2, -0.15) is 0 Å². The first-order chi connectivity index (χ1) is 7.81. The topological polar surface area (TPSA) is 85.1 Å². The summed E-state index contributed by atoms with van der Waals surface area (Å²) in [4.78, 5) is 3.94. The zero-order chi connectivity index (χ0) is 12.7. The lowest BCUT2D eigenvalue weighted by Crippen LogP contribution is -2.36. The first-order valence-electron chi connectivity index (χ1n) is 5.19. The molecule has 5 nitrogen and oxygen atoms in total. The number of hydrogen-bond acceptors (Lipinski definition) is 5. The Morgan fingerprint density at radius 1 is 1.53 bits per heavy atom. The van der Waals surface area contributed by atoms with Crippen molar-refractivity contribution in [1.82, 2.24) is 4.98 Å². The third-order valence-corrected chi connectivity index (χ3v) is 5.36. The van der Waals surface area contributed by atoms with Gasteiger partial charge in [0.15, 0.2) is 9.84 Å². The Bertz CT molecular complexity index is 526. The van der Waals surface area contributed by atoms with E-state index in [1.165, 1.54) is 0 Å². The second-order valence-corrected chi connectivity index (χ2v) is 7.65. The van der Waals surface area contributed by atoms with Crippen molar-refractivity contribution in [3.05, 3.63) is 16.9 Å². The van der Waals surface area contributed by atoms with Gasteiger partial charge in [-0.1, -0.05) is 0 Å². The summed E-state index contributed by atoms with van der Waals surface area (Å²) >= 11 is 3.35. The number of pyridine rings is 1. The molecule has 1 fully saturated rings. The smallest absolute Gasteiger partial charge is 0.152 e. The zero-order valence-electron chi connectivity index (χ0n) is 9.40. The number of nitrogen functional groups attached to an aromatic ring is 1. The molecule has 0 bridgehead atoms. The third-order valence-electron chi connectivity index (χ3n) is 2.86. The standard InChI is InChI=1S/C10H14BrN3O2S/c1-10(2-3-17(15,16)6-10)14-9-7(11)4-13-5-8(9)12/h4-5H,2-3,6,12H2,1H3,(H,13,14). The molecule has 17 heavy (non-hydrogen) atoms. The highest BCUT2D eigenvalue weighted by Gasteiger charge is 2.38. The quantitative estimate of drug-likeness (QED) is 0.861. The van der Waals surface area contributed by atoms with E-state index >= 15 is 0 Å². The predicted octanol–water partition coefficient (Wildman–Crippen LogP) is 1.42. The van der Waals surface area contributed by atoms with Crippen LogP contribution in [-0.2, 0) is 9.84 Å². The first kappa shape index (κ1) is 12.6. The minimum atomic E-state index is -2.93. The number of rotatable bonds is 2. The minimum Gasteiger partial charge on any atom is -0.396 e. The molecule has 0 aromatic carbocycles. The number of halogens is 1. The van der Waals surface area contributed by atoms with Crippen molar-refractivity contribution in [2.75, 3.05) is 22.6 Å². The van der Waals surface area contributed by atoms with E-state index in [9.17, 15) is 8.42 Å². The highest BCUT2D eigenvalue weighted by molar-refractivity contribution is 9.10. The molecule has 1 atom stereocenters. The van der Waals surface area contributed by atoms with Crippen LogP contribution in [0.5, 0.6) is 0 Å². The number of anilines is 2. The molecule has 1 aromatic rings. The van der Waals surface area contributed by atoms with E-state index in [1.54, 1.807) is 12.4 Å². The maximum Gasteiger partial charge on any atom is 0.152 e. The molecule has 0 saturated carbocycles. The molecular formula is C10H14BrN3O2S. The highest BCUT2D eigenvalue weighted by atomic mass is 79.9. The van der Waals surface area contributed by atoms with Gasteiger partial charge in [0.2, 0.25) is 0 Å². The van der Waals surface area contributed by atoms with Crippen LogP contribution < -0.4 is 11.1 Å². The van der Waals surface area contributed by atoms with Crippen LogP contribution in [0.1, 0.15) is 13.3 Å². The largest absolute Gasteiger partial charge is 0.396 e. The maximum absolute atomic E-state index is 11.5. The van der Waals surface area contributed by atoms with E-state index < -0.39 is 15.4 Å². The molecule has 0 aliphatic carbocycles. The molecular weight excluding hydrogens is 306 g/mol. The molecule has 7 heteroatoms. The monoisotopic (exact) mass is 319 g/mol. The summed E-state index contributed by atoms with van der Waals surface area (Å²) in [6.07, 6.45) is 3.76. The molecule has 2 heterocycles. The van der Waals surface area contributed by atoms with Crippen LogP contribution in [0.4, 0.5) is 11.4 Å². The van der Waals surface area contributed by atoms with Crippen molar-refractivity contribution >= 4 is 37.1 Å². The summed E-state index contributed by atoms with van der Waals surface area (Å²) in [5.41, 5.74) is 6.57. The summed E-state index contributed by atoms with van der Waals surface area (Å²) < 4.78 is 23.8. The van der Waals surface area contributed by atoms with Crippen molar-refractivity contribution in [1.29, 1.82) is 0 Å². The molecule has 1 aliphatic rings. The third kappa shape index (κ3) is 2.71. The molecule has 1 saturated heterocycles. The number of nitrogens with two attached hydrogens (primary N) is 1. The van der Waals surface area contributed by atoms with Crippen molar-refractivity contribution in [2.24, 2.45) is 0 Å². The fourth-order valence-electron chi connectivity index (χ4n) is 1.99. The Morgan fingerprint density at radius 2 is 2.24 bits per heavy atom. The molecule has 0 radical (unpaired) electrons. The van der Waals surface area contributed by atoms with Gasteiger partial charge in [0, 0.05) is 11.7 Å². The summed E-state index contributed by atoms with van der Waals surface area (Å²) in [7, 11) is -2.93. The second-order valence-electron chi connectivity index (χ2n) is 4.61. The summed E-state index contributed by atoms with van der Waals surface area (Å²) in [6.45, 7) is 1.89. The maximum atomic E-state index is 11.5. The van der Waals surface area contributed by atoms with Gasteiger partial charge in [-0.25, -0.2) is 8.42 Å². The summed E-state index contributed by atoms with van der Waals surface area (Å²) in [5, 5.41) is 3.22. The lowest BCUT2D eigenvalue weighted by molar-refractivity contribution is 0.574. The van der Waals surface area contributed by atoms with Gasteiger partial charge >= 0.3 is 0 Å². The second kappa shape index (κ2) is 4.13.